The van der Waals surface area contributed by atoms with Crippen LogP contribution in [0.4, 0.5) is 5.82 Å². The number of hydrogen-bond acceptors (Lipinski definition) is 4. The fourth-order valence-corrected chi connectivity index (χ4v) is 3.69. The monoisotopic (exact) mass is 317 g/mol. The van der Waals surface area contributed by atoms with Gasteiger partial charge in [0.2, 0.25) is 5.91 Å². The maximum absolute atomic E-state index is 12.2. The molecule has 2 heterocycles. The number of aromatic nitrogens is 1. The lowest BCUT2D eigenvalue weighted by atomic mass is 9.97. The van der Waals surface area contributed by atoms with E-state index in [0.717, 1.165) is 57.4 Å². The first-order valence-electron chi connectivity index (χ1n) is 8.73. The van der Waals surface area contributed by atoms with E-state index in [4.69, 9.17) is 0 Å². The fourth-order valence-electron chi connectivity index (χ4n) is 3.69. The van der Waals surface area contributed by atoms with Gasteiger partial charge >= 0.3 is 0 Å². The van der Waals surface area contributed by atoms with Crippen LogP contribution in [-0.4, -0.2) is 40.7 Å². The van der Waals surface area contributed by atoms with Crippen LogP contribution < -0.4 is 10.2 Å². The van der Waals surface area contributed by atoms with Crippen LogP contribution in [-0.2, 0) is 4.79 Å². The lowest BCUT2D eigenvalue weighted by Gasteiger charge is -2.33. The van der Waals surface area contributed by atoms with E-state index in [-0.39, 0.29) is 18.4 Å². The van der Waals surface area contributed by atoms with Crippen molar-refractivity contribution in [2.45, 2.75) is 63.5 Å². The van der Waals surface area contributed by atoms with Crippen molar-refractivity contribution in [3.05, 3.63) is 23.9 Å². The summed E-state index contributed by atoms with van der Waals surface area (Å²) >= 11 is 0. The summed E-state index contributed by atoms with van der Waals surface area (Å²) in [6.07, 6.45) is 7.60. The molecule has 0 radical (unpaired) electrons. The van der Waals surface area contributed by atoms with Crippen LogP contribution in [0.15, 0.2) is 18.3 Å². The zero-order chi connectivity index (χ0) is 16.3. The standard InChI is InChI=1S/C18H27N3O2/c1-14-4-5-16(19-13-14)21-10-6-15(7-11-21)20-17(22)12-18(23)8-2-3-9-18/h4-5,13,15,23H,2-3,6-12H2,1H3,(H,20,22). The molecule has 0 atom stereocenters. The van der Waals surface area contributed by atoms with Gasteiger partial charge in [0.15, 0.2) is 0 Å². The second-order valence-corrected chi connectivity index (χ2v) is 7.13. The first-order chi connectivity index (χ1) is 11.0. The Labute approximate surface area is 138 Å². The Hall–Kier alpha value is -1.62. The summed E-state index contributed by atoms with van der Waals surface area (Å²) in [6, 6.07) is 4.36. The summed E-state index contributed by atoms with van der Waals surface area (Å²) in [6.45, 7) is 3.85. The summed E-state index contributed by atoms with van der Waals surface area (Å²) in [5, 5.41) is 13.4. The number of aryl methyl sites for hydroxylation is 1. The molecule has 1 aliphatic heterocycles. The van der Waals surface area contributed by atoms with Crippen LogP contribution >= 0.6 is 0 Å². The van der Waals surface area contributed by atoms with Gasteiger partial charge in [-0.25, -0.2) is 4.98 Å². The van der Waals surface area contributed by atoms with E-state index >= 15 is 0 Å². The van der Waals surface area contributed by atoms with Crippen molar-refractivity contribution < 1.29 is 9.90 Å². The average molecular weight is 317 g/mol. The Bertz CT molecular complexity index is 530. The van der Waals surface area contributed by atoms with Gasteiger partial charge in [-0.05, 0) is 44.2 Å². The molecule has 23 heavy (non-hydrogen) atoms. The van der Waals surface area contributed by atoms with Crippen molar-refractivity contribution in [1.82, 2.24) is 10.3 Å². The van der Waals surface area contributed by atoms with Crippen LogP contribution in [0.3, 0.4) is 0 Å². The third kappa shape index (κ3) is 4.22. The van der Waals surface area contributed by atoms with E-state index < -0.39 is 5.60 Å². The second-order valence-electron chi connectivity index (χ2n) is 7.13. The maximum Gasteiger partial charge on any atom is 0.223 e. The minimum absolute atomic E-state index is 0.00121. The molecule has 1 saturated carbocycles. The maximum atomic E-state index is 12.2. The van der Waals surface area contributed by atoms with E-state index in [1.165, 1.54) is 5.56 Å². The number of rotatable bonds is 4. The number of nitrogens with zero attached hydrogens (tertiary/aromatic N) is 2. The van der Waals surface area contributed by atoms with Crippen molar-refractivity contribution in [3.8, 4) is 0 Å². The molecule has 0 unspecified atom stereocenters. The van der Waals surface area contributed by atoms with E-state index in [9.17, 15) is 9.90 Å². The molecule has 0 bridgehead atoms. The lowest BCUT2D eigenvalue weighted by Crippen LogP contribution is -2.46. The van der Waals surface area contributed by atoms with Gasteiger partial charge in [0.05, 0.1) is 12.0 Å². The quantitative estimate of drug-likeness (QED) is 0.893. The van der Waals surface area contributed by atoms with E-state index in [0.29, 0.717) is 0 Å². The zero-order valence-corrected chi connectivity index (χ0v) is 13.9. The van der Waals surface area contributed by atoms with Gasteiger partial charge in [0.1, 0.15) is 5.82 Å². The van der Waals surface area contributed by atoms with Crippen LogP contribution in [0.2, 0.25) is 0 Å². The van der Waals surface area contributed by atoms with Crippen LogP contribution in [0, 0.1) is 6.92 Å². The highest BCUT2D eigenvalue weighted by atomic mass is 16.3. The summed E-state index contributed by atoms with van der Waals surface area (Å²) < 4.78 is 0. The molecule has 5 heteroatoms. The molecule has 1 amide bonds. The molecule has 1 saturated heterocycles. The molecular weight excluding hydrogens is 290 g/mol. The first-order valence-corrected chi connectivity index (χ1v) is 8.73. The number of aliphatic hydroxyl groups is 1. The second kappa shape index (κ2) is 6.87. The Kier molecular flexibility index (Phi) is 4.85. The van der Waals surface area contributed by atoms with E-state index in [2.05, 4.69) is 27.3 Å². The van der Waals surface area contributed by atoms with E-state index in [1.54, 1.807) is 0 Å². The molecule has 3 rings (SSSR count). The summed E-state index contributed by atoms with van der Waals surface area (Å²) in [4.78, 5) is 18.9. The van der Waals surface area contributed by atoms with Crippen LogP contribution in [0.25, 0.3) is 0 Å². The number of pyridine rings is 1. The van der Waals surface area contributed by atoms with Gasteiger partial charge in [0, 0.05) is 25.3 Å². The van der Waals surface area contributed by atoms with Gasteiger partial charge in [-0.15, -0.1) is 0 Å². The number of amides is 1. The molecule has 1 aliphatic carbocycles. The predicted octanol–water partition coefficient (Wildman–Crippen LogP) is 2.17. The largest absolute Gasteiger partial charge is 0.389 e. The molecule has 2 aliphatic rings. The van der Waals surface area contributed by atoms with E-state index in [1.807, 2.05) is 13.1 Å². The van der Waals surface area contributed by atoms with Crippen LogP contribution in [0.1, 0.15) is 50.5 Å². The molecule has 1 aromatic heterocycles. The molecule has 126 valence electrons. The minimum Gasteiger partial charge on any atom is -0.389 e. The van der Waals surface area contributed by atoms with Crippen molar-refractivity contribution in [2.75, 3.05) is 18.0 Å². The average Bonchev–Trinajstić information content (AvgIpc) is 2.95. The first kappa shape index (κ1) is 16.2. The fraction of sp³-hybridized carbons (Fsp3) is 0.667. The normalized spacial score (nSPS) is 21.4. The summed E-state index contributed by atoms with van der Waals surface area (Å²) in [5.74, 6) is 1.02. The third-order valence-electron chi connectivity index (χ3n) is 5.10. The topological polar surface area (TPSA) is 65.5 Å². The number of nitrogens with one attached hydrogen (secondary N) is 1. The SMILES string of the molecule is Cc1ccc(N2CCC(NC(=O)CC3(O)CCCC3)CC2)nc1. The van der Waals surface area contributed by atoms with Gasteiger partial charge < -0.3 is 15.3 Å². The molecule has 2 N–H and O–H groups in total. The molecule has 0 aromatic carbocycles. The summed E-state index contributed by atoms with van der Waals surface area (Å²) in [5.41, 5.74) is 0.414. The van der Waals surface area contributed by atoms with Gasteiger partial charge in [0.25, 0.3) is 0 Å². The van der Waals surface area contributed by atoms with Gasteiger partial charge in [-0.2, -0.15) is 0 Å². The molecular formula is C18H27N3O2. The van der Waals surface area contributed by atoms with Gasteiger partial charge in [-0.1, -0.05) is 18.9 Å². The summed E-state index contributed by atoms with van der Waals surface area (Å²) in [7, 11) is 0. The number of carbonyl (C=O) groups is 1. The molecule has 1 aromatic rings. The Morgan fingerprint density at radius 2 is 2.04 bits per heavy atom. The number of piperidine rings is 1. The minimum atomic E-state index is -0.753. The highest BCUT2D eigenvalue weighted by Gasteiger charge is 2.34. The smallest absolute Gasteiger partial charge is 0.223 e. The Morgan fingerprint density at radius 3 is 2.65 bits per heavy atom. The van der Waals surface area contributed by atoms with Crippen molar-refractivity contribution in [2.24, 2.45) is 0 Å². The zero-order valence-electron chi connectivity index (χ0n) is 13.9. The number of anilines is 1. The number of carbonyl (C=O) groups excluding carboxylic acids is 1. The predicted molar refractivity (Wildman–Crippen MR) is 90.4 cm³/mol. The Balaban J connectivity index is 1.45. The van der Waals surface area contributed by atoms with Crippen LogP contribution in [0.5, 0.6) is 0 Å². The van der Waals surface area contributed by atoms with Gasteiger partial charge in [-0.3, -0.25) is 4.79 Å². The molecule has 2 fully saturated rings. The van der Waals surface area contributed by atoms with Crippen molar-refractivity contribution in [1.29, 1.82) is 0 Å². The molecule has 5 nitrogen and oxygen atoms in total. The van der Waals surface area contributed by atoms with Crippen molar-refractivity contribution >= 4 is 11.7 Å². The molecule has 0 spiro atoms. The Morgan fingerprint density at radius 1 is 1.35 bits per heavy atom. The third-order valence-corrected chi connectivity index (χ3v) is 5.10. The van der Waals surface area contributed by atoms with Crippen molar-refractivity contribution in [3.63, 3.8) is 0 Å². The highest BCUT2D eigenvalue weighted by Crippen LogP contribution is 2.32. The highest BCUT2D eigenvalue weighted by molar-refractivity contribution is 5.77. The number of hydrogen-bond donors (Lipinski definition) is 2. The lowest BCUT2D eigenvalue weighted by molar-refractivity contribution is -0.126.